The SMILES string of the molecule is COC(=O)c1ccc(C(=O)N2CCC(C(=O)c3ccc(OC)cc3)CC2)nc1.COc1ccc(C(=O)C2CCN(C(=O)c3ccc(C(=O)O)cn3)CC2)cc1. The van der Waals surface area contributed by atoms with Crippen LogP contribution in [0.1, 0.15) is 88.1 Å². The molecule has 286 valence electrons. The first kappa shape index (κ1) is 39.8. The predicted octanol–water partition coefficient (Wildman–Crippen LogP) is 5.14. The van der Waals surface area contributed by atoms with Crippen LogP contribution >= 0.6 is 0 Å². The molecule has 2 saturated heterocycles. The number of piperidine rings is 2. The van der Waals surface area contributed by atoms with Crippen molar-refractivity contribution in [3.8, 4) is 11.5 Å². The molecule has 0 atom stereocenters. The first-order chi connectivity index (χ1) is 26.5. The van der Waals surface area contributed by atoms with E-state index in [1.807, 2.05) is 0 Å². The van der Waals surface area contributed by atoms with Crippen molar-refractivity contribution in [2.24, 2.45) is 11.8 Å². The van der Waals surface area contributed by atoms with E-state index in [-0.39, 0.29) is 52.2 Å². The highest BCUT2D eigenvalue weighted by atomic mass is 16.5. The minimum Gasteiger partial charge on any atom is -0.497 e. The maximum Gasteiger partial charge on any atom is 0.339 e. The number of carbonyl (C=O) groups excluding carboxylic acids is 5. The minimum absolute atomic E-state index is 0.0374. The number of benzene rings is 2. The van der Waals surface area contributed by atoms with Gasteiger partial charge in [0.25, 0.3) is 11.8 Å². The van der Waals surface area contributed by atoms with Gasteiger partial charge in [-0.1, -0.05) is 0 Å². The number of carboxylic acid groups (broad SMARTS) is 1. The monoisotopic (exact) mass is 750 g/mol. The number of carbonyl (C=O) groups is 6. The molecule has 0 spiro atoms. The van der Waals surface area contributed by atoms with Crippen LogP contribution in [-0.2, 0) is 4.74 Å². The van der Waals surface area contributed by atoms with Crippen LogP contribution in [0, 0.1) is 11.8 Å². The maximum atomic E-state index is 12.7. The largest absolute Gasteiger partial charge is 0.497 e. The zero-order valence-corrected chi connectivity index (χ0v) is 30.8. The molecule has 2 aliphatic heterocycles. The summed E-state index contributed by atoms with van der Waals surface area (Å²) in [6.07, 6.45) is 4.90. The summed E-state index contributed by atoms with van der Waals surface area (Å²) < 4.78 is 14.8. The molecule has 6 rings (SSSR count). The Bertz CT molecular complexity index is 1980. The molecule has 2 aromatic carbocycles. The highest BCUT2D eigenvalue weighted by Crippen LogP contribution is 2.25. The molecule has 0 aliphatic carbocycles. The van der Waals surface area contributed by atoms with Gasteiger partial charge in [0, 0.05) is 61.5 Å². The third kappa shape index (κ3) is 9.96. The van der Waals surface area contributed by atoms with E-state index in [9.17, 15) is 28.8 Å². The van der Waals surface area contributed by atoms with Gasteiger partial charge in [-0.3, -0.25) is 29.1 Å². The topological polar surface area (TPSA) is 183 Å². The average molecular weight is 751 g/mol. The number of ether oxygens (including phenoxy) is 3. The van der Waals surface area contributed by atoms with Crippen LogP contribution in [0.5, 0.6) is 11.5 Å². The van der Waals surface area contributed by atoms with Crippen molar-refractivity contribution in [2.45, 2.75) is 25.7 Å². The highest BCUT2D eigenvalue weighted by molar-refractivity contribution is 5.99. The molecule has 0 radical (unpaired) electrons. The molecule has 4 aromatic rings. The molecule has 0 saturated carbocycles. The van der Waals surface area contributed by atoms with Crippen LogP contribution in [0.25, 0.3) is 0 Å². The molecule has 2 amide bonds. The van der Waals surface area contributed by atoms with E-state index < -0.39 is 11.9 Å². The van der Waals surface area contributed by atoms with Crippen molar-refractivity contribution in [1.29, 1.82) is 0 Å². The summed E-state index contributed by atoms with van der Waals surface area (Å²) in [7, 11) is 4.45. The summed E-state index contributed by atoms with van der Waals surface area (Å²) in [6, 6.07) is 19.9. The zero-order valence-electron chi connectivity index (χ0n) is 30.8. The lowest BCUT2D eigenvalue weighted by Gasteiger charge is -2.31. The van der Waals surface area contributed by atoms with E-state index in [4.69, 9.17) is 14.6 Å². The highest BCUT2D eigenvalue weighted by Gasteiger charge is 2.30. The number of hydrogen-bond donors (Lipinski definition) is 1. The molecule has 4 heterocycles. The summed E-state index contributed by atoms with van der Waals surface area (Å²) in [6.45, 7) is 1.92. The van der Waals surface area contributed by atoms with Crippen molar-refractivity contribution in [2.75, 3.05) is 47.5 Å². The second kappa shape index (κ2) is 18.5. The number of aromatic nitrogens is 2. The van der Waals surface area contributed by atoms with Crippen molar-refractivity contribution in [1.82, 2.24) is 19.8 Å². The number of likely N-dealkylation sites (tertiary alicyclic amines) is 2. The van der Waals surface area contributed by atoms with Crippen LogP contribution in [0.3, 0.4) is 0 Å². The lowest BCUT2D eigenvalue weighted by atomic mass is 9.88. The van der Waals surface area contributed by atoms with Crippen molar-refractivity contribution in [3.63, 3.8) is 0 Å². The van der Waals surface area contributed by atoms with Crippen LogP contribution in [0.2, 0.25) is 0 Å². The van der Waals surface area contributed by atoms with Gasteiger partial charge in [0.15, 0.2) is 11.6 Å². The second-order valence-corrected chi connectivity index (χ2v) is 13.0. The lowest BCUT2D eigenvalue weighted by Crippen LogP contribution is -2.40. The van der Waals surface area contributed by atoms with Crippen LogP contribution in [0.15, 0.2) is 85.2 Å². The number of Topliss-reactive ketones (excluding diaryl/α,β-unsaturated/α-hetero) is 2. The fraction of sp³-hybridized carbons (Fsp3) is 0.317. The molecule has 14 nitrogen and oxygen atoms in total. The minimum atomic E-state index is -1.08. The summed E-state index contributed by atoms with van der Waals surface area (Å²) >= 11 is 0. The Kier molecular flexibility index (Phi) is 13.4. The Morgan fingerprint density at radius 1 is 0.545 bits per heavy atom. The summed E-state index contributed by atoms with van der Waals surface area (Å²) in [5.41, 5.74) is 2.11. The fourth-order valence-electron chi connectivity index (χ4n) is 6.40. The average Bonchev–Trinajstić information content (AvgIpc) is 3.25. The van der Waals surface area contributed by atoms with Gasteiger partial charge in [0.05, 0.1) is 32.5 Å². The van der Waals surface area contributed by atoms with Gasteiger partial charge >= 0.3 is 11.9 Å². The standard InChI is InChI=1S/C21H22N2O5.C20H20N2O5/c1-27-17-6-3-14(4-7-17)19(24)15-9-11-23(12-10-15)20(25)18-8-5-16(13-22-18)21(26)28-2;1-27-16-5-2-13(3-6-16)18(23)14-8-10-22(11-9-14)19(24)17-7-4-15(12-21-17)20(25)26/h3-8,13,15H,9-12H2,1-2H3;2-7,12,14H,8-11H2,1H3,(H,25,26). The predicted molar refractivity (Wildman–Crippen MR) is 199 cm³/mol. The van der Waals surface area contributed by atoms with Crippen molar-refractivity contribution >= 4 is 35.3 Å². The molecule has 2 aromatic heterocycles. The quantitative estimate of drug-likeness (QED) is 0.167. The van der Waals surface area contributed by atoms with E-state index in [0.717, 1.165) is 0 Å². The van der Waals surface area contributed by atoms with E-state index in [1.165, 1.54) is 43.8 Å². The van der Waals surface area contributed by atoms with Gasteiger partial charge in [-0.25, -0.2) is 9.59 Å². The number of pyridine rings is 2. The maximum absolute atomic E-state index is 12.7. The molecule has 2 aliphatic rings. The van der Waals surface area contributed by atoms with Crippen LogP contribution in [0.4, 0.5) is 0 Å². The number of aromatic carboxylic acids is 1. The van der Waals surface area contributed by atoms with Crippen LogP contribution in [-0.4, -0.2) is 108 Å². The van der Waals surface area contributed by atoms with E-state index in [1.54, 1.807) is 72.6 Å². The molecule has 1 N–H and O–H groups in total. The number of esters is 1. The van der Waals surface area contributed by atoms with E-state index >= 15 is 0 Å². The Hall–Kier alpha value is -6.44. The van der Waals surface area contributed by atoms with Crippen LogP contribution < -0.4 is 9.47 Å². The molecule has 2 fully saturated rings. The van der Waals surface area contributed by atoms with Crippen molar-refractivity contribution in [3.05, 3.63) is 119 Å². The van der Waals surface area contributed by atoms with Crippen molar-refractivity contribution < 1.29 is 48.1 Å². The van der Waals surface area contributed by atoms with Gasteiger partial charge < -0.3 is 29.1 Å². The normalized spacial score (nSPS) is 14.5. The number of hydrogen-bond acceptors (Lipinski definition) is 11. The van der Waals surface area contributed by atoms with Gasteiger partial charge in [-0.15, -0.1) is 0 Å². The molecule has 0 unspecified atom stereocenters. The number of methoxy groups -OCH3 is 3. The fourth-order valence-corrected chi connectivity index (χ4v) is 6.40. The lowest BCUT2D eigenvalue weighted by molar-refractivity contribution is 0.0597. The number of carboxylic acids is 1. The van der Waals surface area contributed by atoms with Gasteiger partial charge in [0.2, 0.25) is 0 Å². The Labute approximate surface area is 318 Å². The van der Waals surface area contributed by atoms with E-state index in [0.29, 0.717) is 80.1 Å². The molecular weight excluding hydrogens is 708 g/mol. The number of ketones is 2. The molecule has 14 heteroatoms. The van der Waals surface area contributed by atoms with Gasteiger partial charge in [0.1, 0.15) is 22.9 Å². The Balaban J connectivity index is 0.000000211. The summed E-state index contributed by atoms with van der Waals surface area (Å²) in [5, 5.41) is 8.89. The summed E-state index contributed by atoms with van der Waals surface area (Å²) in [4.78, 5) is 84.1. The number of nitrogens with zero attached hydrogens (tertiary/aromatic N) is 4. The smallest absolute Gasteiger partial charge is 0.339 e. The Morgan fingerprint density at radius 3 is 1.22 bits per heavy atom. The number of amides is 2. The molecule has 55 heavy (non-hydrogen) atoms. The van der Waals surface area contributed by atoms with Gasteiger partial charge in [-0.05, 0) is 98.5 Å². The number of rotatable bonds is 10. The molecular formula is C41H42N4O10. The third-order valence-corrected chi connectivity index (χ3v) is 9.69. The van der Waals surface area contributed by atoms with E-state index in [2.05, 4.69) is 14.7 Å². The molecule has 0 bridgehead atoms. The summed E-state index contributed by atoms with van der Waals surface area (Å²) in [5.74, 6) is -0.672. The van der Waals surface area contributed by atoms with Gasteiger partial charge in [-0.2, -0.15) is 0 Å². The third-order valence-electron chi connectivity index (χ3n) is 9.69. The zero-order chi connectivity index (χ0) is 39.5. The Morgan fingerprint density at radius 2 is 0.909 bits per heavy atom. The second-order valence-electron chi connectivity index (χ2n) is 13.0. The first-order valence-corrected chi connectivity index (χ1v) is 17.7. The first-order valence-electron chi connectivity index (χ1n) is 17.7.